The summed E-state index contributed by atoms with van der Waals surface area (Å²) in [5, 5.41) is 0. The van der Waals surface area contributed by atoms with Crippen LogP contribution in [0.4, 0.5) is 4.79 Å². The minimum Gasteiger partial charge on any atom is -0.445 e. The number of benzene rings is 2. The molecule has 0 N–H and O–H groups in total. The van der Waals surface area contributed by atoms with Gasteiger partial charge in [0.1, 0.15) is 6.61 Å². The Hall–Kier alpha value is -2.86. The Balaban J connectivity index is 1.20. The molecule has 1 saturated heterocycles. The Morgan fingerprint density at radius 2 is 1.49 bits per heavy atom. The van der Waals surface area contributed by atoms with Crippen molar-refractivity contribution in [3.05, 3.63) is 71.8 Å². The minimum absolute atomic E-state index is 0.204. The number of hydrogen-bond acceptors (Lipinski definition) is 4. The van der Waals surface area contributed by atoms with E-state index in [0.29, 0.717) is 37.1 Å². The molecule has 2 aliphatic carbocycles. The van der Waals surface area contributed by atoms with Crippen molar-refractivity contribution < 1.29 is 14.3 Å². The van der Waals surface area contributed by atoms with Gasteiger partial charge in [-0.3, -0.25) is 4.79 Å². The maximum Gasteiger partial charge on any atom is 0.410 e. The molecule has 2 amide bonds. The summed E-state index contributed by atoms with van der Waals surface area (Å²) in [5.74, 6) is 1.26. The van der Waals surface area contributed by atoms with Gasteiger partial charge in [0.05, 0.1) is 0 Å². The fourth-order valence-electron chi connectivity index (χ4n) is 7.89. The smallest absolute Gasteiger partial charge is 0.410 e. The van der Waals surface area contributed by atoms with E-state index in [1.54, 1.807) is 6.92 Å². The fraction of sp³-hybridized carbons (Fsp3) is 0.600. The van der Waals surface area contributed by atoms with Crippen LogP contribution < -0.4 is 0 Å². The van der Waals surface area contributed by atoms with Crippen molar-refractivity contribution in [1.29, 1.82) is 0 Å². The van der Waals surface area contributed by atoms with Crippen molar-refractivity contribution >= 4 is 12.0 Å². The first-order chi connectivity index (χ1) is 20.0. The summed E-state index contributed by atoms with van der Waals surface area (Å²) in [6, 6.07) is 21.8. The molecule has 0 radical (unpaired) electrons. The Labute approximate surface area is 247 Å². The Morgan fingerprint density at radius 1 is 0.829 bits per heavy atom. The Morgan fingerprint density at radius 3 is 2.12 bits per heavy atom. The van der Waals surface area contributed by atoms with Gasteiger partial charge >= 0.3 is 6.09 Å². The summed E-state index contributed by atoms with van der Waals surface area (Å²) in [6.07, 6.45) is 10.0. The Kier molecular flexibility index (Phi) is 10.4. The van der Waals surface area contributed by atoms with Crippen LogP contribution in [-0.4, -0.2) is 71.0 Å². The quantitative estimate of drug-likeness (QED) is 0.337. The topological polar surface area (TPSA) is 53.1 Å². The van der Waals surface area contributed by atoms with Crippen molar-refractivity contribution in [3.8, 4) is 0 Å². The monoisotopic (exact) mass is 559 g/mol. The normalized spacial score (nSPS) is 24.2. The molecule has 3 atom stereocenters. The van der Waals surface area contributed by atoms with Gasteiger partial charge in [0.25, 0.3) is 0 Å². The number of ether oxygens (including phenoxy) is 1. The molecular formula is C35H49N3O3. The summed E-state index contributed by atoms with van der Waals surface area (Å²) in [4.78, 5) is 32.7. The van der Waals surface area contributed by atoms with Gasteiger partial charge in [-0.25, -0.2) is 4.79 Å². The van der Waals surface area contributed by atoms with Crippen LogP contribution >= 0.6 is 0 Å². The number of carbonyl (C=O) groups excluding carboxylic acids is 2. The summed E-state index contributed by atoms with van der Waals surface area (Å²) in [5.41, 5.74) is 2.43. The van der Waals surface area contributed by atoms with Gasteiger partial charge in [-0.05, 0) is 68.4 Å². The van der Waals surface area contributed by atoms with Crippen LogP contribution in [0.2, 0.25) is 0 Å². The highest BCUT2D eigenvalue weighted by molar-refractivity contribution is 5.74. The van der Waals surface area contributed by atoms with E-state index in [1.807, 2.05) is 42.2 Å². The fourth-order valence-corrected chi connectivity index (χ4v) is 7.89. The second-order valence-corrected chi connectivity index (χ2v) is 12.5. The summed E-state index contributed by atoms with van der Waals surface area (Å²) >= 11 is 0. The van der Waals surface area contributed by atoms with E-state index >= 15 is 0 Å². The molecule has 6 heteroatoms. The van der Waals surface area contributed by atoms with Crippen LogP contribution in [0.5, 0.6) is 0 Å². The molecule has 2 saturated carbocycles. The largest absolute Gasteiger partial charge is 0.445 e. The summed E-state index contributed by atoms with van der Waals surface area (Å²) in [7, 11) is 0. The zero-order valence-corrected chi connectivity index (χ0v) is 25.1. The number of carbonyl (C=O) groups is 2. The molecule has 3 unspecified atom stereocenters. The van der Waals surface area contributed by atoms with Crippen LogP contribution in [0, 0.1) is 5.92 Å². The lowest BCUT2D eigenvalue weighted by Crippen LogP contribution is -2.48. The summed E-state index contributed by atoms with van der Waals surface area (Å²) in [6.45, 7) is 7.87. The highest BCUT2D eigenvalue weighted by atomic mass is 16.6. The second-order valence-electron chi connectivity index (χ2n) is 12.5. The standard InChI is InChI=1S/C35H49N3O3/c1-3-37(35(40)41-26-28-13-7-4-8-14-28)31-19-21-36(22-20-31)25-30-23-33(24-34(30)29-15-9-5-10-16-29)38(27(2)39)32-17-11-6-12-18-32/h4-5,7-10,13-16,30-34H,3,6,11-12,17-26H2,1-2H3. The van der Waals surface area contributed by atoms with Crippen LogP contribution in [0.25, 0.3) is 0 Å². The molecule has 0 spiro atoms. The molecule has 2 aromatic rings. The van der Waals surface area contributed by atoms with E-state index < -0.39 is 0 Å². The highest BCUT2D eigenvalue weighted by Gasteiger charge is 2.42. The lowest BCUT2D eigenvalue weighted by molar-refractivity contribution is -0.134. The number of piperidine rings is 1. The van der Waals surface area contributed by atoms with Gasteiger partial charge in [0.15, 0.2) is 0 Å². The molecule has 1 aliphatic heterocycles. The molecule has 222 valence electrons. The van der Waals surface area contributed by atoms with Gasteiger partial charge in [-0.2, -0.15) is 0 Å². The van der Waals surface area contributed by atoms with Crippen molar-refractivity contribution in [2.24, 2.45) is 5.92 Å². The van der Waals surface area contributed by atoms with Crippen LogP contribution in [0.1, 0.15) is 88.7 Å². The molecule has 5 rings (SSSR count). The molecule has 6 nitrogen and oxygen atoms in total. The third kappa shape index (κ3) is 7.51. The van der Waals surface area contributed by atoms with Crippen molar-refractivity contribution in [2.75, 3.05) is 26.2 Å². The molecule has 3 fully saturated rings. The molecule has 2 aromatic carbocycles. The SMILES string of the molecule is CCN(C(=O)OCc1ccccc1)C1CCN(CC2CC(N(C(C)=O)C3CCCCC3)CC2c2ccccc2)CC1. The molecule has 3 aliphatic rings. The first-order valence-corrected chi connectivity index (χ1v) is 16.1. The average molecular weight is 560 g/mol. The number of rotatable bonds is 9. The van der Waals surface area contributed by atoms with Crippen LogP contribution in [0.15, 0.2) is 60.7 Å². The second kappa shape index (κ2) is 14.4. The molecular weight excluding hydrogens is 510 g/mol. The van der Waals surface area contributed by atoms with E-state index in [2.05, 4.69) is 40.1 Å². The van der Waals surface area contributed by atoms with E-state index in [-0.39, 0.29) is 18.0 Å². The zero-order valence-electron chi connectivity index (χ0n) is 25.1. The number of hydrogen-bond donors (Lipinski definition) is 0. The zero-order chi connectivity index (χ0) is 28.6. The predicted octanol–water partition coefficient (Wildman–Crippen LogP) is 6.85. The first kappa shape index (κ1) is 29.6. The maximum absolute atomic E-state index is 13.0. The minimum atomic E-state index is -0.204. The van der Waals surface area contributed by atoms with E-state index in [9.17, 15) is 9.59 Å². The van der Waals surface area contributed by atoms with E-state index in [1.165, 1.54) is 24.8 Å². The number of nitrogens with zero attached hydrogens (tertiary/aromatic N) is 3. The summed E-state index contributed by atoms with van der Waals surface area (Å²) < 4.78 is 5.68. The van der Waals surface area contributed by atoms with Crippen LogP contribution in [-0.2, 0) is 16.1 Å². The van der Waals surface area contributed by atoms with Gasteiger partial charge in [-0.15, -0.1) is 0 Å². The van der Waals surface area contributed by atoms with E-state index in [4.69, 9.17) is 4.74 Å². The average Bonchev–Trinajstić information content (AvgIpc) is 3.41. The molecule has 41 heavy (non-hydrogen) atoms. The van der Waals surface area contributed by atoms with Gasteiger partial charge in [0, 0.05) is 51.2 Å². The van der Waals surface area contributed by atoms with E-state index in [0.717, 1.165) is 63.7 Å². The molecule has 0 aromatic heterocycles. The third-order valence-electron chi connectivity index (χ3n) is 9.89. The Bertz CT molecular complexity index is 1100. The van der Waals surface area contributed by atoms with Crippen molar-refractivity contribution in [3.63, 3.8) is 0 Å². The lowest BCUT2D eigenvalue weighted by Gasteiger charge is -2.39. The maximum atomic E-state index is 13.0. The van der Waals surface area contributed by atoms with Crippen molar-refractivity contribution in [2.45, 2.75) is 102 Å². The lowest BCUT2D eigenvalue weighted by atomic mass is 9.88. The first-order valence-electron chi connectivity index (χ1n) is 16.1. The van der Waals surface area contributed by atoms with Gasteiger partial charge in [-0.1, -0.05) is 79.9 Å². The molecule has 1 heterocycles. The third-order valence-corrected chi connectivity index (χ3v) is 9.89. The van der Waals surface area contributed by atoms with Gasteiger partial charge in [0.2, 0.25) is 5.91 Å². The van der Waals surface area contributed by atoms with Crippen molar-refractivity contribution in [1.82, 2.24) is 14.7 Å². The highest BCUT2D eigenvalue weighted by Crippen LogP contribution is 2.44. The number of amides is 2. The molecule has 0 bridgehead atoms. The predicted molar refractivity (Wildman–Crippen MR) is 164 cm³/mol. The van der Waals surface area contributed by atoms with Crippen LogP contribution in [0.3, 0.4) is 0 Å². The number of likely N-dealkylation sites (tertiary alicyclic amines) is 1. The van der Waals surface area contributed by atoms with Gasteiger partial charge < -0.3 is 19.4 Å².